The molecule has 1 heterocycles. The maximum Gasteiger partial charge on any atom is 0.338 e. The van der Waals surface area contributed by atoms with Gasteiger partial charge >= 0.3 is 5.97 Å². The van der Waals surface area contributed by atoms with E-state index in [0.717, 1.165) is 30.6 Å². The van der Waals surface area contributed by atoms with Gasteiger partial charge in [-0.15, -0.1) is 0 Å². The maximum atomic E-state index is 13.3. The van der Waals surface area contributed by atoms with Crippen LogP contribution in [0.4, 0.5) is 4.39 Å². The normalized spacial score (nSPS) is 17.3. The molecule has 5 nitrogen and oxygen atoms in total. The number of ether oxygens (including phenoxy) is 2. The molecular weight excluding hydrogens is 355 g/mol. The molecule has 0 radical (unpaired) electrons. The number of esters is 1. The van der Waals surface area contributed by atoms with Crippen LogP contribution in [-0.4, -0.2) is 42.8 Å². The third-order valence-electron chi connectivity index (χ3n) is 4.28. The third-order valence-corrected chi connectivity index (χ3v) is 4.61. The van der Waals surface area contributed by atoms with Crippen LogP contribution in [0.25, 0.3) is 0 Å². The van der Waals surface area contributed by atoms with Gasteiger partial charge in [0.15, 0.2) is 5.11 Å². The summed E-state index contributed by atoms with van der Waals surface area (Å²) in [6, 6.07) is 5.55. The summed E-state index contributed by atoms with van der Waals surface area (Å²) < 4.78 is 23.6. The third kappa shape index (κ3) is 4.80. The fourth-order valence-corrected chi connectivity index (χ4v) is 3.18. The average molecular weight is 380 g/mol. The predicted octanol–water partition coefficient (Wildman–Crippen LogP) is 3.32. The number of thiocarbonyl (C=S) groups is 1. The van der Waals surface area contributed by atoms with E-state index in [1.54, 1.807) is 19.2 Å². The monoisotopic (exact) mass is 380 g/mol. The number of carbonyl (C=O) groups is 1. The molecule has 0 aliphatic carbocycles. The first-order chi connectivity index (χ1) is 12.5. The molecule has 7 heteroatoms. The van der Waals surface area contributed by atoms with E-state index in [9.17, 15) is 9.18 Å². The van der Waals surface area contributed by atoms with Gasteiger partial charge in [-0.3, -0.25) is 0 Å². The van der Waals surface area contributed by atoms with Gasteiger partial charge < -0.3 is 19.7 Å². The number of rotatable bonds is 8. The van der Waals surface area contributed by atoms with Crippen LogP contribution in [0, 0.1) is 5.82 Å². The molecule has 0 spiro atoms. The SMILES string of the molecule is CCCCN1C(=S)N[C@@H](c2ccc(F)cc2)C(C(=O)OCCOC)=C1C. The van der Waals surface area contributed by atoms with Crippen LogP contribution in [0.1, 0.15) is 38.3 Å². The summed E-state index contributed by atoms with van der Waals surface area (Å²) in [7, 11) is 1.55. The minimum Gasteiger partial charge on any atom is -0.460 e. The van der Waals surface area contributed by atoms with E-state index < -0.39 is 12.0 Å². The quantitative estimate of drug-likeness (QED) is 0.424. The maximum absolute atomic E-state index is 13.3. The highest BCUT2D eigenvalue weighted by Crippen LogP contribution is 2.31. The number of nitrogens with one attached hydrogen (secondary N) is 1. The van der Waals surface area contributed by atoms with Crippen molar-refractivity contribution >= 4 is 23.3 Å². The minimum absolute atomic E-state index is 0.168. The van der Waals surface area contributed by atoms with Crippen LogP contribution in [0.3, 0.4) is 0 Å². The lowest BCUT2D eigenvalue weighted by atomic mass is 9.95. The van der Waals surface area contributed by atoms with Gasteiger partial charge in [0.1, 0.15) is 12.4 Å². The molecule has 1 aromatic rings. The zero-order chi connectivity index (χ0) is 19.1. The van der Waals surface area contributed by atoms with Crippen LogP contribution in [-0.2, 0) is 14.3 Å². The number of unbranched alkanes of at least 4 members (excludes halogenated alkanes) is 1. The molecular formula is C19H25FN2O3S. The van der Waals surface area contributed by atoms with Crippen LogP contribution in [0.5, 0.6) is 0 Å². The summed E-state index contributed by atoms with van der Waals surface area (Å²) in [6.07, 6.45) is 1.97. The zero-order valence-corrected chi connectivity index (χ0v) is 16.2. The largest absolute Gasteiger partial charge is 0.460 e. The number of methoxy groups -OCH3 is 1. The summed E-state index contributed by atoms with van der Waals surface area (Å²) in [5, 5.41) is 3.76. The second-order valence-electron chi connectivity index (χ2n) is 6.07. The molecule has 0 aromatic heterocycles. The van der Waals surface area contributed by atoms with Gasteiger partial charge in [-0.25, -0.2) is 9.18 Å². The first-order valence-corrected chi connectivity index (χ1v) is 9.10. The Morgan fingerprint density at radius 3 is 2.62 bits per heavy atom. The molecule has 0 amide bonds. The van der Waals surface area contributed by atoms with Crippen molar-refractivity contribution in [1.82, 2.24) is 10.2 Å². The topological polar surface area (TPSA) is 50.8 Å². The van der Waals surface area contributed by atoms with Crippen LogP contribution < -0.4 is 5.32 Å². The molecule has 0 bridgehead atoms. The number of hydrogen-bond donors (Lipinski definition) is 1. The molecule has 1 aromatic carbocycles. The van der Waals surface area contributed by atoms with Gasteiger partial charge in [0.2, 0.25) is 0 Å². The highest BCUT2D eigenvalue weighted by Gasteiger charge is 2.34. The zero-order valence-electron chi connectivity index (χ0n) is 15.4. The molecule has 0 saturated heterocycles. The standard InChI is InChI=1S/C19H25FN2O3S/c1-4-5-10-22-13(2)16(18(23)25-12-11-24-3)17(21-19(22)26)14-6-8-15(20)9-7-14/h6-9,17H,4-5,10-12H2,1-3H3,(H,21,26)/t17-/m0/s1. The van der Waals surface area contributed by atoms with Crippen molar-refractivity contribution in [3.8, 4) is 0 Å². The smallest absolute Gasteiger partial charge is 0.338 e. The summed E-state index contributed by atoms with van der Waals surface area (Å²) in [6.45, 7) is 5.18. The Kier molecular flexibility index (Phi) is 7.53. The van der Waals surface area contributed by atoms with Crippen LogP contribution >= 0.6 is 12.2 Å². The Balaban J connectivity index is 2.38. The van der Waals surface area contributed by atoms with Crippen molar-refractivity contribution in [2.75, 3.05) is 26.9 Å². The Hall–Kier alpha value is -1.99. The second kappa shape index (κ2) is 9.64. The van der Waals surface area contributed by atoms with Gasteiger partial charge in [0.05, 0.1) is 18.2 Å². The number of carbonyl (C=O) groups excluding carboxylic acids is 1. The van der Waals surface area contributed by atoms with Gasteiger partial charge in [-0.2, -0.15) is 0 Å². The summed E-state index contributed by atoms with van der Waals surface area (Å²) in [4.78, 5) is 14.7. The van der Waals surface area contributed by atoms with Crippen LogP contribution in [0.15, 0.2) is 35.5 Å². The van der Waals surface area contributed by atoms with Crippen molar-refractivity contribution in [2.45, 2.75) is 32.7 Å². The van der Waals surface area contributed by atoms with Crippen molar-refractivity contribution in [2.24, 2.45) is 0 Å². The molecule has 0 saturated carbocycles. The number of nitrogens with zero attached hydrogens (tertiary/aromatic N) is 1. The van der Waals surface area contributed by atoms with Gasteiger partial charge in [0.25, 0.3) is 0 Å². The van der Waals surface area contributed by atoms with E-state index in [1.807, 2.05) is 11.8 Å². The Morgan fingerprint density at radius 2 is 2.00 bits per heavy atom. The minimum atomic E-state index is -0.476. The lowest BCUT2D eigenvalue weighted by Gasteiger charge is -2.37. The molecule has 1 atom stereocenters. The van der Waals surface area contributed by atoms with E-state index in [1.165, 1.54) is 12.1 Å². The number of benzene rings is 1. The second-order valence-corrected chi connectivity index (χ2v) is 6.45. The Morgan fingerprint density at radius 1 is 1.31 bits per heavy atom. The van der Waals surface area contributed by atoms with Gasteiger partial charge in [-0.05, 0) is 43.3 Å². The molecule has 1 aliphatic rings. The van der Waals surface area contributed by atoms with Crippen molar-refractivity contribution in [1.29, 1.82) is 0 Å². The van der Waals surface area contributed by atoms with Crippen molar-refractivity contribution < 1.29 is 18.7 Å². The van der Waals surface area contributed by atoms with E-state index in [-0.39, 0.29) is 12.4 Å². The van der Waals surface area contributed by atoms with Crippen molar-refractivity contribution in [3.63, 3.8) is 0 Å². The molecule has 0 fully saturated rings. The molecule has 0 unspecified atom stereocenters. The van der Waals surface area contributed by atoms with Crippen LogP contribution in [0.2, 0.25) is 0 Å². The Bertz CT molecular complexity index is 676. The predicted molar refractivity (Wildman–Crippen MR) is 102 cm³/mol. The van der Waals surface area contributed by atoms with E-state index >= 15 is 0 Å². The van der Waals surface area contributed by atoms with Crippen molar-refractivity contribution in [3.05, 3.63) is 46.9 Å². The van der Waals surface area contributed by atoms with E-state index in [2.05, 4.69) is 12.2 Å². The summed E-state index contributed by atoms with van der Waals surface area (Å²) in [5.74, 6) is -0.757. The summed E-state index contributed by atoms with van der Waals surface area (Å²) >= 11 is 5.50. The Labute approximate surface area is 159 Å². The first kappa shape index (κ1) is 20.3. The van der Waals surface area contributed by atoms with E-state index in [0.29, 0.717) is 17.3 Å². The van der Waals surface area contributed by atoms with Gasteiger partial charge in [0, 0.05) is 19.4 Å². The lowest BCUT2D eigenvalue weighted by molar-refractivity contribution is -0.140. The highest BCUT2D eigenvalue weighted by atomic mass is 32.1. The van der Waals surface area contributed by atoms with Gasteiger partial charge in [-0.1, -0.05) is 25.5 Å². The molecule has 142 valence electrons. The fourth-order valence-electron chi connectivity index (χ4n) is 2.83. The molecule has 2 rings (SSSR count). The number of halogens is 1. The van der Waals surface area contributed by atoms with E-state index in [4.69, 9.17) is 21.7 Å². The number of hydrogen-bond acceptors (Lipinski definition) is 4. The molecule has 1 N–H and O–H groups in total. The molecule has 1 aliphatic heterocycles. The molecule has 26 heavy (non-hydrogen) atoms. The first-order valence-electron chi connectivity index (χ1n) is 8.69. The number of allylic oxidation sites excluding steroid dienone is 1. The lowest BCUT2D eigenvalue weighted by Crippen LogP contribution is -2.48. The average Bonchev–Trinajstić information content (AvgIpc) is 2.62. The fraction of sp³-hybridized carbons (Fsp3) is 0.474. The highest BCUT2D eigenvalue weighted by molar-refractivity contribution is 7.80. The summed E-state index contributed by atoms with van der Waals surface area (Å²) in [5.41, 5.74) is 2.00.